The molecule has 1 heterocycles. The predicted octanol–water partition coefficient (Wildman–Crippen LogP) is 1.53. The van der Waals surface area contributed by atoms with Gasteiger partial charge in [0, 0.05) is 19.2 Å². The Labute approximate surface area is 108 Å². The van der Waals surface area contributed by atoms with Gasteiger partial charge in [0.25, 0.3) is 0 Å². The van der Waals surface area contributed by atoms with Crippen LogP contribution in [0.4, 0.5) is 0 Å². The normalized spacial score (nSPS) is 22.7. The maximum atomic E-state index is 12.0. The Kier molecular flexibility index (Phi) is 4.04. The third kappa shape index (κ3) is 2.74. The van der Waals surface area contributed by atoms with Crippen LogP contribution in [0.2, 0.25) is 0 Å². The molecule has 18 heavy (non-hydrogen) atoms. The first-order valence-corrected chi connectivity index (χ1v) is 7.86. The summed E-state index contributed by atoms with van der Waals surface area (Å²) in [7, 11) is -3.12. The van der Waals surface area contributed by atoms with Crippen molar-refractivity contribution in [3.63, 3.8) is 0 Å². The van der Waals surface area contributed by atoms with Crippen molar-refractivity contribution in [1.29, 1.82) is 0 Å². The molecule has 1 N–H and O–H groups in total. The number of hydrogen-bond donors (Lipinski definition) is 1. The summed E-state index contributed by atoms with van der Waals surface area (Å²) >= 11 is 0. The first-order chi connectivity index (χ1) is 8.54. The van der Waals surface area contributed by atoms with Gasteiger partial charge in [0.2, 0.25) is 0 Å². The fraction of sp³-hybridized carbons (Fsp3) is 0.538. The van der Waals surface area contributed by atoms with Gasteiger partial charge in [0.15, 0.2) is 9.84 Å². The van der Waals surface area contributed by atoms with E-state index in [0.29, 0.717) is 18.0 Å². The molecule has 2 atom stereocenters. The van der Waals surface area contributed by atoms with Crippen molar-refractivity contribution in [2.45, 2.75) is 30.9 Å². The van der Waals surface area contributed by atoms with E-state index < -0.39 is 9.84 Å². The molecule has 0 aromatic heterocycles. The summed E-state index contributed by atoms with van der Waals surface area (Å²) in [6.07, 6.45) is 0.0884. The summed E-state index contributed by atoms with van der Waals surface area (Å²) in [5, 5.41) is 3.27. The molecular weight excluding hydrogens is 250 g/mol. The minimum absolute atomic E-state index is 0.0884. The number of nitrogens with one attached hydrogen (secondary N) is 1. The number of rotatable bonds is 5. The number of ether oxygens (including phenoxy) is 1. The summed E-state index contributed by atoms with van der Waals surface area (Å²) in [5.74, 6) is 0.144. The van der Waals surface area contributed by atoms with Gasteiger partial charge in [0.05, 0.1) is 16.8 Å². The molecule has 0 aliphatic carbocycles. The van der Waals surface area contributed by atoms with E-state index in [1.807, 2.05) is 26.0 Å². The number of hydrogen-bond acceptors (Lipinski definition) is 4. The van der Waals surface area contributed by atoms with E-state index in [1.165, 1.54) is 0 Å². The molecule has 1 aliphatic heterocycles. The zero-order chi connectivity index (χ0) is 13.2. The fourth-order valence-corrected chi connectivity index (χ4v) is 4.04. The molecule has 0 amide bonds. The highest BCUT2D eigenvalue weighted by atomic mass is 32.2. The molecule has 4 nitrogen and oxygen atoms in total. The number of benzene rings is 1. The molecule has 0 saturated carbocycles. The van der Waals surface area contributed by atoms with Crippen LogP contribution < -0.4 is 5.32 Å². The van der Waals surface area contributed by atoms with Gasteiger partial charge in [-0.3, -0.25) is 0 Å². The minimum atomic E-state index is -3.12. The van der Waals surface area contributed by atoms with Gasteiger partial charge < -0.3 is 10.1 Å². The third-order valence-electron chi connectivity index (χ3n) is 3.12. The largest absolute Gasteiger partial charge is 0.377 e. The summed E-state index contributed by atoms with van der Waals surface area (Å²) in [6.45, 7) is 5.25. The van der Waals surface area contributed by atoms with E-state index in [-0.39, 0.29) is 17.9 Å². The van der Waals surface area contributed by atoms with E-state index in [2.05, 4.69) is 5.32 Å². The van der Waals surface area contributed by atoms with Crippen molar-refractivity contribution in [3.8, 4) is 0 Å². The predicted molar refractivity (Wildman–Crippen MR) is 70.3 cm³/mol. The molecule has 0 saturated heterocycles. The van der Waals surface area contributed by atoms with E-state index in [1.54, 1.807) is 12.1 Å². The van der Waals surface area contributed by atoms with Gasteiger partial charge in [-0.2, -0.15) is 0 Å². The van der Waals surface area contributed by atoms with Crippen LogP contribution in [0.5, 0.6) is 0 Å². The standard InChI is InChI=1S/C13H19NO3S/c1-3-17-10(2)8-14-12-9-18(15,16)13-7-5-4-6-11(12)13/h4-7,10,12,14H,3,8-9H2,1-2H3. The van der Waals surface area contributed by atoms with E-state index in [4.69, 9.17) is 4.74 Å². The quantitative estimate of drug-likeness (QED) is 0.880. The van der Waals surface area contributed by atoms with Crippen LogP contribution in [0.15, 0.2) is 29.2 Å². The smallest absolute Gasteiger partial charge is 0.180 e. The second-order valence-corrected chi connectivity index (χ2v) is 6.55. The first-order valence-electron chi connectivity index (χ1n) is 6.21. The van der Waals surface area contributed by atoms with Crippen molar-refractivity contribution in [3.05, 3.63) is 29.8 Å². The lowest BCUT2D eigenvalue weighted by molar-refractivity contribution is 0.0744. The van der Waals surface area contributed by atoms with Crippen LogP contribution in [0.25, 0.3) is 0 Å². The average Bonchev–Trinajstić information content (AvgIpc) is 2.60. The van der Waals surface area contributed by atoms with E-state index in [9.17, 15) is 8.42 Å². The van der Waals surface area contributed by atoms with Crippen molar-refractivity contribution >= 4 is 9.84 Å². The van der Waals surface area contributed by atoms with Crippen molar-refractivity contribution < 1.29 is 13.2 Å². The first kappa shape index (κ1) is 13.5. The number of sulfone groups is 1. The monoisotopic (exact) mass is 269 g/mol. The van der Waals surface area contributed by atoms with Gasteiger partial charge >= 0.3 is 0 Å². The van der Waals surface area contributed by atoms with Crippen LogP contribution >= 0.6 is 0 Å². The maximum absolute atomic E-state index is 12.0. The molecule has 0 radical (unpaired) electrons. The van der Waals surface area contributed by atoms with Crippen LogP contribution in [-0.4, -0.2) is 33.4 Å². The van der Waals surface area contributed by atoms with Crippen molar-refractivity contribution in [2.24, 2.45) is 0 Å². The van der Waals surface area contributed by atoms with E-state index >= 15 is 0 Å². The third-order valence-corrected chi connectivity index (χ3v) is 4.93. The molecule has 2 unspecified atom stereocenters. The highest BCUT2D eigenvalue weighted by Gasteiger charge is 2.33. The molecule has 0 spiro atoms. The van der Waals surface area contributed by atoms with Crippen LogP contribution in [0.3, 0.4) is 0 Å². The zero-order valence-electron chi connectivity index (χ0n) is 10.7. The highest BCUT2D eigenvalue weighted by molar-refractivity contribution is 7.91. The summed E-state index contributed by atoms with van der Waals surface area (Å²) < 4.78 is 29.4. The van der Waals surface area contributed by atoms with Crippen LogP contribution in [0.1, 0.15) is 25.5 Å². The zero-order valence-corrected chi connectivity index (χ0v) is 11.5. The maximum Gasteiger partial charge on any atom is 0.180 e. The average molecular weight is 269 g/mol. The minimum Gasteiger partial charge on any atom is -0.377 e. The van der Waals surface area contributed by atoms with Crippen molar-refractivity contribution in [2.75, 3.05) is 18.9 Å². The molecule has 100 valence electrons. The molecular formula is C13H19NO3S. The number of fused-ring (bicyclic) bond motifs is 1. The van der Waals surface area contributed by atoms with Crippen molar-refractivity contribution in [1.82, 2.24) is 5.32 Å². The lowest BCUT2D eigenvalue weighted by atomic mass is 10.1. The molecule has 5 heteroatoms. The topological polar surface area (TPSA) is 55.4 Å². The SMILES string of the molecule is CCOC(C)CNC1CS(=O)(=O)c2ccccc21. The fourth-order valence-electron chi connectivity index (χ4n) is 2.27. The highest BCUT2D eigenvalue weighted by Crippen LogP contribution is 2.32. The van der Waals surface area contributed by atoms with E-state index in [0.717, 1.165) is 5.56 Å². The Morgan fingerprint density at radius 2 is 2.17 bits per heavy atom. The second kappa shape index (κ2) is 5.38. The summed E-state index contributed by atoms with van der Waals surface area (Å²) in [4.78, 5) is 0.464. The lowest BCUT2D eigenvalue weighted by Gasteiger charge is -2.17. The summed E-state index contributed by atoms with van der Waals surface area (Å²) in [5.41, 5.74) is 0.876. The van der Waals surface area contributed by atoms with Gasteiger partial charge in [-0.1, -0.05) is 18.2 Å². The molecule has 1 aromatic rings. The summed E-state index contributed by atoms with van der Waals surface area (Å²) in [6, 6.07) is 7.08. The Morgan fingerprint density at radius 1 is 1.44 bits per heavy atom. The molecule has 2 rings (SSSR count). The van der Waals surface area contributed by atoms with Gasteiger partial charge in [0.1, 0.15) is 0 Å². The molecule has 1 aliphatic rings. The van der Waals surface area contributed by atoms with Crippen LogP contribution in [-0.2, 0) is 14.6 Å². The Bertz CT molecular complexity index is 513. The van der Waals surface area contributed by atoms with Gasteiger partial charge in [-0.25, -0.2) is 8.42 Å². The molecule has 0 bridgehead atoms. The van der Waals surface area contributed by atoms with Gasteiger partial charge in [-0.15, -0.1) is 0 Å². The Morgan fingerprint density at radius 3 is 2.89 bits per heavy atom. The van der Waals surface area contributed by atoms with Crippen LogP contribution in [0, 0.1) is 0 Å². The second-order valence-electron chi connectivity index (χ2n) is 4.55. The molecule has 1 aromatic carbocycles. The Hall–Kier alpha value is -0.910. The molecule has 0 fully saturated rings. The van der Waals surface area contributed by atoms with Gasteiger partial charge in [-0.05, 0) is 25.5 Å². The Balaban J connectivity index is 2.09. The lowest BCUT2D eigenvalue weighted by Crippen LogP contribution is -2.31.